The Labute approximate surface area is 204 Å². The molecule has 34 heavy (non-hydrogen) atoms. The van der Waals surface area contributed by atoms with Gasteiger partial charge in [0.1, 0.15) is 0 Å². The van der Waals surface area contributed by atoms with Gasteiger partial charge in [-0.2, -0.15) is 4.98 Å². The van der Waals surface area contributed by atoms with Crippen molar-refractivity contribution in [2.75, 3.05) is 19.8 Å². The lowest BCUT2D eigenvalue weighted by atomic mass is 9.93. The lowest BCUT2D eigenvalue weighted by Gasteiger charge is -2.35. The number of ether oxygens (including phenoxy) is 1. The molecule has 3 aromatic rings. The third kappa shape index (κ3) is 5.16. The second-order valence-corrected chi connectivity index (χ2v) is 8.55. The number of carbonyl (C=O) groups is 1. The average molecular weight is 481 g/mol. The van der Waals surface area contributed by atoms with Gasteiger partial charge in [-0.1, -0.05) is 47.9 Å². The minimum atomic E-state index is -0.403. The molecular weight excluding hydrogens is 452 g/mol. The number of aryl methyl sites for hydroxylation is 1. The Balaban J connectivity index is 1.72. The van der Waals surface area contributed by atoms with Gasteiger partial charge in [0.2, 0.25) is 5.82 Å². The first-order chi connectivity index (χ1) is 16.5. The molecule has 0 saturated heterocycles. The van der Waals surface area contributed by atoms with Crippen molar-refractivity contribution in [2.45, 2.75) is 39.7 Å². The van der Waals surface area contributed by atoms with Gasteiger partial charge in [0.15, 0.2) is 0 Å². The smallest absolute Gasteiger partial charge is 0.322 e. The second-order valence-electron chi connectivity index (χ2n) is 8.11. The summed E-state index contributed by atoms with van der Waals surface area (Å²) in [7, 11) is 0. The van der Waals surface area contributed by atoms with E-state index in [-0.39, 0.29) is 6.03 Å². The van der Waals surface area contributed by atoms with Crippen LogP contribution in [0.5, 0.6) is 0 Å². The van der Waals surface area contributed by atoms with Crippen molar-refractivity contribution >= 4 is 23.2 Å². The number of nitrogens with zero attached hydrogens (tertiary/aromatic N) is 3. The summed E-state index contributed by atoms with van der Waals surface area (Å²) in [5, 5.41) is 7.98. The van der Waals surface area contributed by atoms with Gasteiger partial charge in [0, 0.05) is 36.0 Å². The normalized spacial score (nSPS) is 16.2. The van der Waals surface area contributed by atoms with Gasteiger partial charge in [-0.05, 0) is 62.1 Å². The van der Waals surface area contributed by atoms with Crippen molar-refractivity contribution in [1.29, 1.82) is 0 Å². The van der Waals surface area contributed by atoms with Crippen molar-refractivity contribution < 1.29 is 14.1 Å². The highest BCUT2D eigenvalue weighted by Crippen LogP contribution is 2.37. The molecule has 0 bridgehead atoms. The Morgan fingerprint density at radius 3 is 2.53 bits per heavy atom. The van der Waals surface area contributed by atoms with Crippen LogP contribution < -0.4 is 5.32 Å². The molecule has 2 aromatic carbocycles. The van der Waals surface area contributed by atoms with Gasteiger partial charge in [-0.3, -0.25) is 4.90 Å². The first-order valence-corrected chi connectivity index (χ1v) is 11.9. The molecule has 1 aliphatic rings. The quantitative estimate of drug-likeness (QED) is 0.387. The van der Waals surface area contributed by atoms with E-state index in [9.17, 15) is 4.79 Å². The molecule has 0 radical (unpaired) electrons. The molecule has 1 unspecified atom stereocenters. The second kappa shape index (κ2) is 10.8. The van der Waals surface area contributed by atoms with Gasteiger partial charge in [-0.15, -0.1) is 0 Å². The molecule has 4 rings (SSSR count). The third-order valence-electron chi connectivity index (χ3n) is 5.95. The van der Waals surface area contributed by atoms with Crippen LogP contribution in [-0.2, 0) is 11.2 Å². The van der Waals surface area contributed by atoms with E-state index in [1.165, 1.54) is 5.56 Å². The summed E-state index contributed by atoms with van der Waals surface area (Å²) in [4.78, 5) is 19.5. The minimum Gasteiger partial charge on any atom is -0.382 e. The Morgan fingerprint density at radius 1 is 1.12 bits per heavy atom. The van der Waals surface area contributed by atoms with E-state index >= 15 is 0 Å². The standard InChI is InChI=1S/C26H29ClN4O3/c1-4-18-7-9-19(10-8-18)23-22(17(3)31(26(32)28-23)15-6-16-33-5-2)25-29-24(30-34-25)20-11-13-21(27)14-12-20/h7-14,23H,4-6,15-16H2,1-3H3,(H,28,32). The van der Waals surface area contributed by atoms with E-state index in [2.05, 4.69) is 34.5 Å². The maximum absolute atomic E-state index is 13.1. The number of halogens is 1. The molecule has 0 aliphatic carbocycles. The molecular formula is C26H29ClN4O3. The molecule has 0 saturated carbocycles. The maximum Gasteiger partial charge on any atom is 0.322 e. The van der Waals surface area contributed by atoms with Crippen molar-refractivity contribution in [3.05, 3.63) is 76.3 Å². The van der Waals surface area contributed by atoms with Crippen LogP contribution in [0.4, 0.5) is 4.79 Å². The molecule has 1 aliphatic heterocycles. The molecule has 1 aromatic heterocycles. The van der Waals surface area contributed by atoms with Crippen LogP contribution in [0.3, 0.4) is 0 Å². The fourth-order valence-electron chi connectivity index (χ4n) is 4.04. The summed E-state index contributed by atoms with van der Waals surface area (Å²) >= 11 is 6.02. The number of hydrogen-bond acceptors (Lipinski definition) is 5. The number of hydrogen-bond donors (Lipinski definition) is 1. The zero-order valence-corrected chi connectivity index (χ0v) is 20.4. The van der Waals surface area contributed by atoms with E-state index in [1.807, 2.05) is 38.1 Å². The highest BCUT2D eigenvalue weighted by atomic mass is 35.5. The van der Waals surface area contributed by atoms with Crippen molar-refractivity contribution in [2.24, 2.45) is 0 Å². The minimum absolute atomic E-state index is 0.153. The highest BCUT2D eigenvalue weighted by Gasteiger charge is 2.35. The number of amides is 2. The summed E-state index contributed by atoms with van der Waals surface area (Å²) in [6, 6.07) is 15.0. The maximum atomic E-state index is 13.1. The molecule has 2 amide bonds. The summed E-state index contributed by atoms with van der Waals surface area (Å²) in [6.07, 6.45) is 1.67. The van der Waals surface area contributed by atoms with E-state index in [4.69, 9.17) is 20.9 Å². The zero-order valence-electron chi connectivity index (χ0n) is 19.7. The number of carbonyl (C=O) groups excluding carboxylic acids is 1. The predicted molar refractivity (Wildman–Crippen MR) is 132 cm³/mol. The summed E-state index contributed by atoms with van der Waals surface area (Å²) in [5.41, 5.74) is 4.56. The van der Waals surface area contributed by atoms with Crippen molar-refractivity contribution in [3.8, 4) is 11.4 Å². The number of nitrogens with one attached hydrogen (secondary N) is 1. The van der Waals surface area contributed by atoms with E-state index in [0.717, 1.165) is 35.2 Å². The van der Waals surface area contributed by atoms with E-state index in [1.54, 1.807) is 17.0 Å². The molecule has 178 valence electrons. The van der Waals surface area contributed by atoms with Crippen LogP contribution in [0.2, 0.25) is 5.02 Å². The Morgan fingerprint density at radius 2 is 1.85 bits per heavy atom. The van der Waals surface area contributed by atoms with Gasteiger partial charge < -0.3 is 14.6 Å². The third-order valence-corrected chi connectivity index (χ3v) is 6.20. The topological polar surface area (TPSA) is 80.5 Å². The van der Waals surface area contributed by atoms with Crippen LogP contribution in [0, 0.1) is 0 Å². The molecule has 0 spiro atoms. The van der Waals surface area contributed by atoms with E-state index < -0.39 is 6.04 Å². The number of aromatic nitrogens is 2. The molecule has 7 nitrogen and oxygen atoms in total. The van der Waals surface area contributed by atoms with Crippen LogP contribution >= 0.6 is 11.6 Å². The number of rotatable bonds is 9. The van der Waals surface area contributed by atoms with Gasteiger partial charge in [-0.25, -0.2) is 4.79 Å². The molecule has 1 N–H and O–H groups in total. The number of allylic oxidation sites excluding steroid dienone is 1. The Bertz CT molecular complexity index is 1160. The van der Waals surface area contributed by atoms with Gasteiger partial charge in [0.25, 0.3) is 5.89 Å². The molecule has 2 heterocycles. The average Bonchev–Trinajstić information content (AvgIpc) is 3.33. The first-order valence-electron chi connectivity index (χ1n) is 11.6. The molecule has 1 atom stereocenters. The van der Waals surface area contributed by atoms with Crippen LogP contribution in [-0.4, -0.2) is 40.8 Å². The van der Waals surface area contributed by atoms with Crippen molar-refractivity contribution in [1.82, 2.24) is 20.4 Å². The van der Waals surface area contributed by atoms with Crippen molar-refractivity contribution in [3.63, 3.8) is 0 Å². The summed E-state index contributed by atoms with van der Waals surface area (Å²) in [5.74, 6) is 0.841. The van der Waals surface area contributed by atoms with Crippen LogP contribution in [0.15, 0.2) is 58.8 Å². The van der Waals surface area contributed by atoms with Gasteiger partial charge >= 0.3 is 6.03 Å². The predicted octanol–water partition coefficient (Wildman–Crippen LogP) is 5.88. The Kier molecular flexibility index (Phi) is 7.65. The fourth-order valence-corrected chi connectivity index (χ4v) is 4.17. The number of benzene rings is 2. The lowest BCUT2D eigenvalue weighted by Crippen LogP contribution is -2.46. The molecule has 0 fully saturated rings. The fraction of sp³-hybridized carbons (Fsp3) is 0.346. The highest BCUT2D eigenvalue weighted by molar-refractivity contribution is 6.30. The monoisotopic (exact) mass is 480 g/mol. The largest absolute Gasteiger partial charge is 0.382 e. The van der Waals surface area contributed by atoms with E-state index in [0.29, 0.717) is 36.5 Å². The summed E-state index contributed by atoms with van der Waals surface area (Å²) < 4.78 is 11.2. The van der Waals surface area contributed by atoms with Crippen LogP contribution in [0.25, 0.3) is 17.0 Å². The van der Waals surface area contributed by atoms with Crippen LogP contribution in [0.1, 0.15) is 50.3 Å². The van der Waals surface area contributed by atoms with Gasteiger partial charge in [0.05, 0.1) is 11.6 Å². The zero-order chi connectivity index (χ0) is 24.1. The Hall–Kier alpha value is -3.16. The number of urea groups is 1. The summed E-state index contributed by atoms with van der Waals surface area (Å²) in [6.45, 7) is 7.77. The SMILES string of the molecule is CCOCCCN1C(=O)NC(c2ccc(CC)cc2)C(c2nc(-c3ccc(Cl)cc3)no2)=C1C. The lowest BCUT2D eigenvalue weighted by molar-refractivity contribution is 0.136. The molecule has 8 heteroatoms. The first kappa shape index (κ1) is 24.0.